The van der Waals surface area contributed by atoms with E-state index in [1.54, 1.807) is 12.5 Å². The quantitative estimate of drug-likeness (QED) is 0.417. The molecule has 1 aromatic rings. The minimum Gasteiger partial charge on any atom is -0.617 e. The summed E-state index contributed by atoms with van der Waals surface area (Å²) >= 11 is -0.611. The number of benzene rings is 1. The first-order valence-electron chi connectivity index (χ1n) is 6.77. The third-order valence-electron chi connectivity index (χ3n) is 2.94. The fourth-order valence-corrected chi connectivity index (χ4v) is 1.82. The molecule has 5 N–H and O–H groups in total. The van der Waals surface area contributed by atoms with Gasteiger partial charge in [-0.25, -0.2) is 0 Å². The van der Waals surface area contributed by atoms with Crippen LogP contribution in [-0.2, 0) is 15.9 Å². The molecule has 23 heavy (non-hydrogen) atoms. The Balaban J connectivity index is 0.000000593. The lowest BCUT2D eigenvalue weighted by Crippen LogP contribution is -2.60. The first kappa shape index (κ1) is 20.0. The average molecular weight is 350 g/mol. The van der Waals surface area contributed by atoms with E-state index in [4.69, 9.17) is 19.7 Å². The predicted molar refractivity (Wildman–Crippen MR) is 82.5 cm³/mol. The van der Waals surface area contributed by atoms with Gasteiger partial charge in [-0.15, -0.1) is 0 Å². The number of aliphatic hydroxyl groups is 4. The molecule has 5 atom stereocenters. The van der Waals surface area contributed by atoms with E-state index in [2.05, 4.69) is 0 Å². The second-order valence-electron chi connectivity index (χ2n) is 5.05. The maximum absolute atomic E-state index is 9.75. The Bertz CT molecular complexity index is 450. The first-order valence-corrected chi connectivity index (χ1v) is 8.74. The molecule has 132 valence electrons. The third kappa shape index (κ3) is 6.15. The minimum atomic E-state index is -1.48. The van der Waals surface area contributed by atoms with Crippen molar-refractivity contribution in [3.8, 4) is 11.5 Å². The Morgan fingerprint density at radius 2 is 1.61 bits per heavy atom. The van der Waals surface area contributed by atoms with Crippen LogP contribution in [0.4, 0.5) is 0 Å². The molecule has 0 amide bonds. The summed E-state index contributed by atoms with van der Waals surface area (Å²) in [5.41, 5.74) is 0. The molecule has 1 aliphatic rings. The SMILES string of the molecule is C[S+](C)[O-].OC[C@H]1O[C@@H](Oc2ccc(O)cc2)[C@H](O)[C@@H](O)[C@@H]1O. The highest BCUT2D eigenvalue weighted by Gasteiger charge is 2.44. The molecule has 0 aliphatic carbocycles. The van der Waals surface area contributed by atoms with Crippen LogP contribution in [0.2, 0.25) is 0 Å². The summed E-state index contributed by atoms with van der Waals surface area (Å²) < 4.78 is 20.0. The van der Waals surface area contributed by atoms with Gasteiger partial charge in [-0.1, -0.05) is 11.2 Å². The zero-order valence-corrected chi connectivity index (χ0v) is 13.6. The van der Waals surface area contributed by atoms with Crippen LogP contribution in [0.15, 0.2) is 24.3 Å². The van der Waals surface area contributed by atoms with E-state index >= 15 is 0 Å². The number of phenolic OH excluding ortho intramolecular Hbond substituents is 1. The Labute approximate surface area is 137 Å². The van der Waals surface area contributed by atoms with Crippen molar-refractivity contribution in [2.45, 2.75) is 30.7 Å². The van der Waals surface area contributed by atoms with E-state index in [0.29, 0.717) is 5.75 Å². The van der Waals surface area contributed by atoms with Gasteiger partial charge in [-0.2, -0.15) is 0 Å². The van der Waals surface area contributed by atoms with Crippen molar-refractivity contribution in [3.05, 3.63) is 24.3 Å². The lowest BCUT2D eigenvalue weighted by Gasteiger charge is -2.39. The zero-order valence-electron chi connectivity index (χ0n) is 12.8. The highest BCUT2D eigenvalue weighted by molar-refractivity contribution is 7.89. The van der Waals surface area contributed by atoms with Gasteiger partial charge in [0.2, 0.25) is 6.29 Å². The van der Waals surface area contributed by atoms with Gasteiger partial charge in [0.05, 0.1) is 19.1 Å². The van der Waals surface area contributed by atoms with E-state index in [9.17, 15) is 19.9 Å². The number of rotatable bonds is 3. The first-order chi connectivity index (χ1) is 10.8. The lowest BCUT2D eigenvalue weighted by atomic mass is 9.99. The number of phenols is 1. The van der Waals surface area contributed by atoms with Crippen LogP contribution in [-0.4, -0.2) is 79.9 Å². The molecule has 1 aromatic carbocycles. The Kier molecular flexibility index (Phi) is 8.06. The maximum atomic E-state index is 9.75. The van der Waals surface area contributed by atoms with E-state index in [1.807, 2.05) is 0 Å². The monoisotopic (exact) mass is 350 g/mol. The molecule has 8 nitrogen and oxygen atoms in total. The van der Waals surface area contributed by atoms with E-state index < -0.39 is 48.5 Å². The largest absolute Gasteiger partial charge is 0.617 e. The maximum Gasteiger partial charge on any atom is 0.229 e. The van der Waals surface area contributed by atoms with Crippen molar-refractivity contribution in [1.82, 2.24) is 0 Å². The molecule has 0 bridgehead atoms. The molecule has 0 radical (unpaired) electrons. The van der Waals surface area contributed by atoms with Crippen molar-refractivity contribution in [3.63, 3.8) is 0 Å². The van der Waals surface area contributed by atoms with Gasteiger partial charge in [-0.3, -0.25) is 0 Å². The highest BCUT2D eigenvalue weighted by Crippen LogP contribution is 2.25. The second-order valence-corrected chi connectivity index (χ2v) is 6.53. The summed E-state index contributed by atoms with van der Waals surface area (Å²) in [5.74, 6) is 0.364. The molecule has 1 aliphatic heterocycles. The van der Waals surface area contributed by atoms with Crippen molar-refractivity contribution in [2.75, 3.05) is 19.1 Å². The fraction of sp³-hybridized carbons (Fsp3) is 0.571. The predicted octanol–water partition coefficient (Wildman–Crippen LogP) is -1.43. The molecule has 0 saturated carbocycles. The van der Waals surface area contributed by atoms with Gasteiger partial charge in [-0.05, 0) is 24.3 Å². The molecule has 1 saturated heterocycles. The van der Waals surface area contributed by atoms with Gasteiger partial charge in [0.15, 0.2) is 0 Å². The van der Waals surface area contributed by atoms with Crippen LogP contribution < -0.4 is 4.74 Å². The normalized spacial score (nSPS) is 30.5. The Morgan fingerprint density at radius 1 is 1.09 bits per heavy atom. The zero-order chi connectivity index (χ0) is 17.6. The van der Waals surface area contributed by atoms with Crippen LogP contribution in [0.3, 0.4) is 0 Å². The van der Waals surface area contributed by atoms with Crippen LogP contribution in [0.25, 0.3) is 0 Å². The van der Waals surface area contributed by atoms with Crippen LogP contribution in [0.5, 0.6) is 11.5 Å². The average Bonchev–Trinajstić information content (AvgIpc) is 2.49. The van der Waals surface area contributed by atoms with Crippen molar-refractivity contribution < 1.29 is 39.6 Å². The van der Waals surface area contributed by atoms with Crippen LogP contribution in [0.1, 0.15) is 0 Å². The fourth-order valence-electron chi connectivity index (χ4n) is 1.82. The van der Waals surface area contributed by atoms with E-state index in [0.717, 1.165) is 0 Å². The van der Waals surface area contributed by atoms with Gasteiger partial charge >= 0.3 is 0 Å². The van der Waals surface area contributed by atoms with Gasteiger partial charge in [0.1, 0.15) is 35.9 Å². The lowest BCUT2D eigenvalue weighted by molar-refractivity contribution is -0.277. The third-order valence-corrected chi connectivity index (χ3v) is 2.94. The van der Waals surface area contributed by atoms with Crippen molar-refractivity contribution in [2.24, 2.45) is 0 Å². The molecule has 2 rings (SSSR count). The Morgan fingerprint density at radius 3 is 2.09 bits per heavy atom. The second kappa shape index (κ2) is 9.28. The molecule has 1 heterocycles. The van der Waals surface area contributed by atoms with Crippen molar-refractivity contribution in [1.29, 1.82) is 0 Å². The summed E-state index contributed by atoms with van der Waals surface area (Å²) in [5, 5.41) is 47.1. The molecule has 1 fully saturated rings. The number of aliphatic hydroxyl groups excluding tert-OH is 4. The van der Waals surface area contributed by atoms with Gasteiger partial charge in [0.25, 0.3) is 0 Å². The molecular formula is C14H22O8S. The minimum absolute atomic E-state index is 0.0566. The van der Waals surface area contributed by atoms with Gasteiger partial charge in [0, 0.05) is 0 Å². The van der Waals surface area contributed by atoms with E-state index in [-0.39, 0.29) is 5.75 Å². The molecule has 0 unspecified atom stereocenters. The number of hydrogen-bond donors (Lipinski definition) is 5. The highest BCUT2D eigenvalue weighted by atomic mass is 32.2. The molecular weight excluding hydrogens is 328 g/mol. The number of aromatic hydroxyl groups is 1. The number of ether oxygens (including phenoxy) is 2. The van der Waals surface area contributed by atoms with Crippen LogP contribution >= 0.6 is 0 Å². The topological polar surface area (TPSA) is 143 Å². The number of hydrogen-bond acceptors (Lipinski definition) is 8. The summed E-state index contributed by atoms with van der Waals surface area (Å²) in [6, 6.07) is 5.69. The summed E-state index contributed by atoms with van der Waals surface area (Å²) in [7, 11) is 0. The van der Waals surface area contributed by atoms with Gasteiger partial charge < -0.3 is 39.6 Å². The standard InChI is InChI=1S/C12H16O7.C2H6OS/c13-5-8-9(15)10(16)11(17)12(19-8)18-7-3-1-6(14)2-4-7;1-4(2)3/h1-4,8-17H,5H2;1-2H3/t8-,9-,10+,11-,12-;/m1./s1. The molecule has 0 spiro atoms. The van der Waals surface area contributed by atoms with E-state index in [1.165, 1.54) is 24.3 Å². The smallest absolute Gasteiger partial charge is 0.229 e. The Hall–Kier alpha value is -1.07. The van der Waals surface area contributed by atoms with Crippen LogP contribution in [0, 0.1) is 0 Å². The summed E-state index contributed by atoms with van der Waals surface area (Å²) in [6.45, 7) is -0.514. The molecule has 0 aromatic heterocycles. The van der Waals surface area contributed by atoms with Crippen molar-refractivity contribution >= 4 is 11.2 Å². The molecule has 9 heteroatoms. The summed E-state index contributed by atoms with van der Waals surface area (Å²) in [6.07, 6.45) is -3.31. The summed E-state index contributed by atoms with van der Waals surface area (Å²) in [4.78, 5) is 0.